The van der Waals surface area contributed by atoms with Crippen molar-refractivity contribution < 1.29 is 0 Å². The Morgan fingerprint density at radius 2 is 1.95 bits per heavy atom. The number of nitrogens with zero attached hydrogens (tertiary/aromatic N) is 1. The number of nitrogens with one attached hydrogen (secondary N) is 2. The maximum atomic E-state index is 12.7. The number of H-pyrrole nitrogens is 1. The van der Waals surface area contributed by atoms with E-state index in [1.165, 1.54) is 24.8 Å². The maximum Gasteiger partial charge on any atom is 0.256 e. The number of fused-ring (bicyclic) bond motifs is 4. The lowest BCUT2D eigenvalue weighted by Crippen LogP contribution is -2.41. The molecule has 4 rings (SSSR count). The second-order valence-corrected chi connectivity index (χ2v) is 6.46. The monoisotopic (exact) mass is 296 g/mol. The quantitative estimate of drug-likeness (QED) is 0.557. The summed E-state index contributed by atoms with van der Waals surface area (Å²) < 4.78 is 0. The molecule has 0 bridgehead atoms. The van der Waals surface area contributed by atoms with Crippen molar-refractivity contribution in [2.75, 3.05) is 5.43 Å². The maximum absolute atomic E-state index is 12.7. The highest BCUT2D eigenvalue weighted by atomic mass is 16.1. The summed E-state index contributed by atoms with van der Waals surface area (Å²) in [7, 11) is 0. The van der Waals surface area contributed by atoms with Crippen molar-refractivity contribution in [3.05, 3.63) is 45.7 Å². The third-order valence-electron chi connectivity index (χ3n) is 5.20. The fraction of sp³-hybridized carbons (Fsp3) is 0.412. The minimum Gasteiger partial charge on any atom is -0.294 e. The van der Waals surface area contributed by atoms with Gasteiger partial charge in [0.15, 0.2) is 0 Å². The number of benzene rings is 1. The standard InChI is InChI=1S/C17H20N4O/c18-21-16-19-14-12-7-3-2-6-11(12)10-17(8-4-1-5-9-17)13(14)15(22)20-16/h2-3,6-7H,1,4-5,8-10,18H2,(H2,19,20,21,22). The molecule has 1 spiro atoms. The highest BCUT2D eigenvalue weighted by Gasteiger charge is 2.42. The van der Waals surface area contributed by atoms with Crippen LogP contribution in [-0.2, 0) is 11.8 Å². The predicted molar refractivity (Wildman–Crippen MR) is 86.6 cm³/mol. The molecule has 4 N–H and O–H groups in total. The predicted octanol–water partition coefficient (Wildman–Crippen LogP) is 2.48. The van der Waals surface area contributed by atoms with Gasteiger partial charge in [0.05, 0.1) is 11.3 Å². The summed E-state index contributed by atoms with van der Waals surface area (Å²) in [6.45, 7) is 0. The van der Waals surface area contributed by atoms with Crippen molar-refractivity contribution in [1.82, 2.24) is 9.97 Å². The summed E-state index contributed by atoms with van der Waals surface area (Å²) in [5.41, 5.74) is 6.39. The summed E-state index contributed by atoms with van der Waals surface area (Å²) in [5, 5.41) is 0. The Kier molecular flexibility index (Phi) is 3.04. The van der Waals surface area contributed by atoms with E-state index in [1.54, 1.807) is 0 Å². The van der Waals surface area contributed by atoms with E-state index in [1.807, 2.05) is 6.07 Å². The molecule has 0 unspecified atom stereocenters. The molecule has 5 heteroatoms. The average molecular weight is 296 g/mol. The molecule has 1 saturated carbocycles. The molecule has 1 fully saturated rings. The molecule has 0 aliphatic heterocycles. The van der Waals surface area contributed by atoms with Gasteiger partial charge in [-0.15, -0.1) is 0 Å². The van der Waals surface area contributed by atoms with E-state index >= 15 is 0 Å². The van der Waals surface area contributed by atoms with Crippen LogP contribution < -0.4 is 16.8 Å². The molecule has 1 heterocycles. The van der Waals surface area contributed by atoms with E-state index in [2.05, 4.69) is 33.6 Å². The zero-order valence-electron chi connectivity index (χ0n) is 12.5. The number of hydrogen-bond donors (Lipinski definition) is 3. The Bertz CT molecular complexity index is 774. The van der Waals surface area contributed by atoms with E-state index < -0.39 is 0 Å². The number of aromatic amines is 1. The second-order valence-electron chi connectivity index (χ2n) is 6.46. The number of aromatic nitrogens is 2. The lowest BCUT2D eigenvalue weighted by atomic mass is 9.62. The van der Waals surface area contributed by atoms with Crippen LogP contribution >= 0.6 is 0 Å². The highest BCUT2D eigenvalue weighted by Crippen LogP contribution is 2.48. The first-order valence-corrected chi connectivity index (χ1v) is 7.93. The normalized spacial score (nSPS) is 18.6. The Morgan fingerprint density at radius 1 is 1.18 bits per heavy atom. The van der Waals surface area contributed by atoms with Crippen LogP contribution in [0.1, 0.15) is 43.2 Å². The van der Waals surface area contributed by atoms with Gasteiger partial charge in [0.25, 0.3) is 5.56 Å². The van der Waals surface area contributed by atoms with Gasteiger partial charge in [0, 0.05) is 11.0 Å². The van der Waals surface area contributed by atoms with Crippen LogP contribution in [0.5, 0.6) is 0 Å². The van der Waals surface area contributed by atoms with E-state index in [0.29, 0.717) is 5.95 Å². The zero-order chi connectivity index (χ0) is 15.2. The minimum absolute atomic E-state index is 0.0469. The van der Waals surface area contributed by atoms with Crippen molar-refractivity contribution in [3.8, 4) is 11.3 Å². The summed E-state index contributed by atoms with van der Waals surface area (Å²) in [6.07, 6.45) is 6.68. The van der Waals surface area contributed by atoms with Crippen molar-refractivity contribution in [2.24, 2.45) is 5.84 Å². The molecule has 22 heavy (non-hydrogen) atoms. The molecule has 1 aromatic carbocycles. The number of hydrazine groups is 1. The van der Waals surface area contributed by atoms with Gasteiger partial charge in [-0.1, -0.05) is 43.5 Å². The number of nitrogens with two attached hydrogens (primary N) is 1. The van der Waals surface area contributed by atoms with E-state index in [4.69, 9.17) is 5.84 Å². The molecule has 1 aromatic heterocycles. The van der Waals surface area contributed by atoms with Gasteiger partial charge in [0.2, 0.25) is 5.95 Å². The first-order chi connectivity index (χ1) is 10.7. The Balaban J connectivity index is 2.02. The van der Waals surface area contributed by atoms with E-state index in [9.17, 15) is 4.79 Å². The van der Waals surface area contributed by atoms with Gasteiger partial charge >= 0.3 is 0 Å². The van der Waals surface area contributed by atoms with E-state index in [-0.39, 0.29) is 11.0 Å². The average Bonchev–Trinajstić information content (AvgIpc) is 2.55. The summed E-state index contributed by atoms with van der Waals surface area (Å²) in [5.74, 6) is 5.78. The zero-order valence-corrected chi connectivity index (χ0v) is 12.5. The first-order valence-electron chi connectivity index (χ1n) is 7.93. The molecule has 114 valence electrons. The van der Waals surface area contributed by atoms with Crippen molar-refractivity contribution in [3.63, 3.8) is 0 Å². The molecule has 2 aliphatic carbocycles. The van der Waals surface area contributed by atoms with Crippen LogP contribution in [0.2, 0.25) is 0 Å². The molecular weight excluding hydrogens is 276 g/mol. The van der Waals surface area contributed by atoms with Gasteiger partial charge in [0.1, 0.15) is 0 Å². The van der Waals surface area contributed by atoms with Crippen molar-refractivity contribution >= 4 is 5.95 Å². The topological polar surface area (TPSA) is 83.8 Å². The third-order valence-corrected chi connectivity index (χ3v) is 5.20. The van der Waals surface area contributed by atoms with Crippen LogP contribution in [0.25, 0.3) is 11.3 Å². The summed E-state index contributed by atoms with van der Waals surface area (Å²) in [4.78, 5) is 20.1. The fourth-order valence-corrected chi connectivity index (χ4v) is 4.24. The number of anilines is 1. The smallest absolute Gasteiger partial charge is 0.256 e. The van der Waals surface area contributed by atoms with Crippen molar-refractivity contribution in [1.29, 1.82) is 0 Å². The lowest BCUT2D eigenvalue weighted by Gasteiger charge is -2.41. The number of nitrogen functional groups attached to an aromatic ring is 1. The van der Waals surface area contributed by atoms with Crippen molar-refractivity contribution in [2.45, 2.75) is 43.9 Å². The van der Waals surface area contributed by atoms with Crippen LogP contribution in [0.3, 0.4) is 0 Å². The SMILES string of the molecule is NNc1nc2c(c(=O)[nH]1)C1(CCCCC1)Cc1ccccc1-2. The first kappa shape index (κ1) is 13.5. The Hall–Kier alpha value is -2.14. The molecule has 0 atom stereocenters. The van der Waals surface area contributed by atoms with Crippen LogP contribution in [-0.4, -0.2) is 9.97 Å². The van der Waals surface area contributed by atoms with Crippen LogP contribution in [0.4, 0.5) is 5.95 Å². The summed E-state index contributed by atoms with van der Waals surface area (Å²) in [6, 6.07) is 8.28. The highest BCUT2D eigenvalue weighted by molar-refractivity contribution is 5.72. The molecule has 0 saturated heterocycles. The largest absolute Gasteiger partial charge is 0.294 e. The minimum atomic E-state index is -0.0599. The van der Waals surface area contributed by atoms with Crippen LogP contribution in [0.15, 0.2) is 29.1 Å². The van der Waals surface area contributed by atoms with Gasteiger partial charge in [-0.05, 0) is 24.8 Å². The van der Waals surface area contributed by atoms with Gasteiger partial charge in [-0.3, -0.25) is 15.2 Å². The Morgan fingerprint density at radius 3 is 2.73 bits per heavy atom. The molecule has 0 amide bonds. The Labute approximate surface area is 128 Å². The van der Waals surface area contributed by atoms with Gasteiger partial charge in [-0.2, -0.15) is 0 Å². The molecule has 2 aliphatic rings. The number of hydrogen-bond acceptors (Lipinski definition) is 4. The third kappa shape index (κ3) is 1.89. The van der Waals surface area contributed by atoms with Gasteiger partial charge in [-0.25, -0.2) is 10.8 Å². The summed E-state index contributed by atoms with van der Waals surface area (Å²) >= 11 is 0. The molecule has 0 radical (unpaired) electrons. The molecule has 5 nitrogen and oxygen atoms in total. The second kappa shape index (κ2) is 4.95. The van der Waals surface area contributed by atoms with E-state index in [0.717, 1.165) is 36.1 Å². The molecule has 2 aromatic rings. The lowest BCUT2D eigenvalue weighted by molar-refractivity contribution is 0.285. The van der Waals surface area contributed by atoms with Gasteiger partial charge < -0.3 is 0 Å². The number of rotatable bonds is 1. The molecular formula is C17H20N4O. The fourth-order valence-electron chi connectivity index (χ4n) is 4.24. The van der Waals surface area contributed by atoms with Crippen LogP contribution in [0, 0.1) is 0 Å².